The number of carbonyl (C=O) groups excluding carboxylic acids is 1. The van der Waals surface area contributed by atoms with Crippen molar-refractivity contribution in [3.05, 3.63) is 23.8 Å². The minimum Gasteiger partial charge on any atom is -0.493 e. The van der Waals surface area contributed by atoms with Gasteiger partial charge in [-0.15, -0.1) is 0 Å². The van der Waals surface area contributed by atoms with Gasteiger partial charge in [-0.3, -0.25) is 4.79 Å². The van der Waals surface area contributed by atoms with Gasteiger partial charge in [0.25, 0.3) is 0 Å². The SMILES string of the molecule is COc1cccc(CNC(=O)CC(C)C)c1OC. The van der Waals surface area contributed by atoms with E-state index in [0.717, 1.165) is 5.56 Å². The van der Waals surface area contributed by atoms with E-state index in [9.17, 15) is 4.79 Å². The highest BCUT2D eigenvalue weighted by atomic mass is 16.5. The van der Waals surface area contributed by atoms with Crippen LogP contribution in [-0.4, -0.2) is 20.1 Å². The Bertz CT molecular complexity index is 402. The highest BCUT2D eigenvalue weighted by molar-refractivity contribution is 5.76. The molecular weight excluding hydrogens is 230 g/mol. The lowest BCUT2D eigenvalue weighted by atomic mass is 10.1. The van der Waals surface area contributed by atoms with E-state index in [1.807, 2.05) is 32.0 Å². The number of amides is 1. The molecule has 0 saturated heterocycles. The van der Waals surface area contributed by atoms with Gasteiger partial charge in [-0.25, -0.2) is 0 Å². The van der Waals surface area contributed by atoms with E-state index in [4.69, 9.17) is 9.47 Å². The largest absolute Gasteiger partial charge is 0.493 e. The van der Waals surface area contributed by atoms with Crippen LogP contribution in [0.15, 0.2) is 18.2 Å². The molecule has 0 fully saturated rings. The molecule has 1 N–H and O–H groups in total. The molecule has 0 aliphatic carbocycles. The number of hydrogen-bond acceptors (Lipinski definition) is 3. The van der Waals surface area contributed by atoms with Crippen LogP contribution in [0.25, 0.3) is 0 Å². The standard InChI is InChI=1S/C14H21NO3/c1-10(2)8-13(16)15-9-11-6-5-7-12(17-3)14(11)18-4/h5-7,10H,8-9H2,1-4H3,(H,15,16). The highest BCUT2D eigenvalue weighted by Crippen LogP contribution is 2.30. The first kappa shape index (κ1) is 14.4. The average molecular weight is 251 g/mol. The zero-order chi connectivity index (χ0) is 13.5. The molecule has 0 atom stereocenters. The smallest absolute Gasteiger partial charge is 0.220 e. The number of nitrogens with one attached hydrogen (secondary N) is 1. The number of hydrogen-bond donors (Lipinski definition) is 1. The number of benzene rings is 1. The second-order valence-corrected chi connectivity index (χ2v) is 4.53. The third kappa shape index (κ3) is 3.95. The van der Waals surface area contributed by atoms with Gasteiger partial charge in [0, 0.05) is 18.5 Å². The van der Waals surface area contributed by atoms with Crippen molar-refractivity contribution < 1.29 is 14.3 Å². The van der Waals surface area contributed by atoms with Crippen LogP contribution >= 0.6 is 0 Å². The summed E-state index contributed by atoms with van der Waals surface area (Å²) in [6.45, 7) is 4.49. The summed E-state index contributed by atoms with van der Waals surface area (Å²) in [7, 11) is 3.19. The van der Waals surface area contributed by atoms with Crippen LogP contribution in [0, 0.1) is 5.92 Å². The third-order valence-corrected chi connectivity index (χ3v) is 2.55. The van der Waals surface area contributed by atoms with E-state index in [-0.39, 0.29) is 5.91 Å². The van der Waals surface area contributed by atoms with Gasteiger partial charge in [-0.1, -0.05) is 26.0 Å². The molecule has 0 saturated carbocycles. The maximum Gasteiger partial charge on any atom is 0.220 e. The van der Waals surface area contributed by atoms with Crippen molar-refractivity contribution in [3.63, 3.8) is 0 Å². The normalized spacial score (nSPS) is 10.3. The molecule has 4 heteroatoms. The fraction of sp³-hybridized carbons (Fsp3) is 0.500. The average Bonchev–Trinajstić information content (AvgIpc) is 2.34. The van der Waals surface area contributed by atoms with Crippen molar-refractivity contribution in [2.45, 2.75) is 26.8 Å². The van der Waals surface area contributed by atoms with Crippen LogP contribution in [0.1, 0.15) is 25.8 Å². The predicted octanol–water partition coefficient (Wildman–Crippen LogP) is 2.37. The maximum absolute atomic E-state index is 11.6. The first-order valence-electron chi connectivity index (χ1n) is 6.05. The van der Waals surface area contributed by atoms with E-state index in [0.29, 0.717) is 30.4 Å². The van der Waals surface area contributed by atoms with Crippen LogP contribution in [0.4, 0.5) is 0 Å². The summed E-state index contributed by atoms with van der Waals surface area (Å²) < 4.78 is 10.5. The number of rotatable bonds is 6. The second kappa shape index (κ2) is 6.89. The Morgan fingerprint density at radius 1 is 1.28 bits per heavy atom. The summed E-state index contributed by atoms with van der Waals surface area (Å²) >= 11 is 0. The summed E-state index contributed by atoms with van der Waals surface area (Å²) in [5.74, 6) is 1.75. The molecule has 0 bridgehead atoms. The zero-order valence-electron chi connectivity index (χ0n) is 11.4. The molecule has 1 aromatic carbocycles. The van der Waals surface area contributed by atoms with E-state index >= 15 is 0 Å². The van der Waals surface area contributed by atoms with Crippen molar-refractivity contribution in [2.75, 3.05) is 14.2 Å². The number of methoxy groups -OCH3 is 2. The summed E-state index contributed by atoms with van der Waals surface area (Å²) in [6, 6.07) is 5.63. The Hall–Kier alpha value is -1.71. The lowest BCUT2D eigenvalue weighted by Crippen LogP contribution is -2.24. The molecule has 0 radical (unpaired) electrons. The predicted molar refractivity (Wildman–Crippen MR) is 70.8 cm³/mol. The van der Waals surface area contributed by atoms with Gasteiger partial charge in [-0.2, -0.15) is 0 Å². The third-order valence-electron chi connectivity index (χ3n) is 2.55. The summed E-state index contributed by atoms with van der Waals surface area (Å²) in [5.41, 5.74) is 0.911. The Labute approximate surface area is 108 Å². The van der Waals surface area contributed by atoms with Gasteiger partial charge in [0.1, 0.15) is 0 Å². The quantitative estimate of drug-likeness (QED) is 0.844. The fourth-order valence-corrected chi connectivity index (χ4v) is 1.73. The monoisotopic (exact) mass is 251 g/mol. The minimum absolute atomic E-state index is 0.0508. The lowest BCUT2D eigenvalue weighted by molar-refractivity contribution is -0.121. The molecule has 1 aromatic rings. The van der Waals surface area contributed by atoms with Crippen LogP contribution in [0.2, 0.25) is 0 Å². The molecule has 18 heavy (non-hydrogen) atoms. The van der Waals surface area contributed by atoms with Crippen molar-refractivity contribution in [1.29, 1.82) is 0 Å². The molecule has 1 rings (SSSR count). The van der Waals surface area contributed by atoms with Crippen LogP contribution < -0.4 is 14.8 Å². The first-order valence-corrected chi connectivity index (χ1v) is 6.05. The Kier molecular flexibility index (Phi) is 5.49. The fourth-order valence-electron chi connectivity index (χ4n) is 1.73. The van der Waals surface area contributed by atoms with Crippen LogP contribution in [-0.2, 0) is 11.3 Å². The van der Waals surface area contributed by atoms with Crippen LogP contribution in [0.3, 0.4) is 0 Å². The molecule has 0 aromatic heterocycles. The van der Waals surface area contributed by atoms with E-state index in [1.165, 1.54) is 0 Å². The molecule has 1 amide bonds. The molecule has 4 nitrogen and oxygen atoms in total. The van der Waals surface area contributed by atoms with E-state index in [2.05, 4.69) is 5.32 Å². The number of ether oxygens (including phenoxy) is 2. The van der Waals surface area contributed by atoms with E-state index < -0.39 is 0 Å². The van der Waals surface area contributed by atoms with E-state index in [1.54, 1.807) is 14.2 Å². The molecule has 0 aliphatic rings. The molecule has 0 aliphatic heterocycles. The van der Waals surface area contributed by atoms with Crippen molar-refractivity contribution in [1.82, 2.24) is 5.32 Å². The first-order chi connectivity index (χ1) is 8.58. The summed E-state index contributed by atoms with van der Waals surface area (Å²) in [6.07, 6.45) is 0.534. The van der Waals surface area contributed by atoms with Crippen molar-refractivity contribution in [2.24, 2.45) is 5.92 Å². The summed E-state index contributed by atoms with van der Waals surface area (Å²) in [4.78, 5) is 11.6. The topological polar surface area (TPSA) is 47.6 Å². The second-order valence-electron chi connectivity index (χ2n) is 4.53. The zero-order valence-corrected chi connectivity index (χ0v) is 11.4. The molecular formula is C14H21NO3. The van der Waals surface area contributed by atoms with Gasteiger partial charge >= 0.3 is 0 Å². The minimum atomic E-state index is 0.0508. The molecule has 100 valence electrons. The molecule has 0 heterocycles. The molecule has 0 spiro atoms. The number of para-hydroxylation sites is 1. The van der Waals surface area contributed by atoms with Gasteiger partial charge in [0.15, 0.2) is 11.5 Å². The van der Waals surface area contributed by atoms with Gasteiger partial charge in [0.05, 0.1) is 14.2 Å². The summed E-state index contributed by atoms with van der Waals surface area (Å²) in [5, 5.41) is 2.88. The maximum atomic E-state index is 11.6. The highest BCUT2D eigenvalue weighted by Gasteiger charge is 2.10. The van der Waals surface area contributed by atoms with Crippen molar-refractivity contribution in [3.8, 4) is 11.5 Å². The van der Waals surface area contributed by atoms with Crippen LogP contribution in [0.5, 0.6) is 11.5 Å². The van der Waals surface area contributed by atoms with Gasteiger partial charge in [-0.05, 0) is 12.0 Å². The van der Waals surface area contributed by atoms with Gasteiger partial charge in [0.2, 0.25) is 5.91 Å². The van der Waals surface area contributed by atoms with Crippen molar-refractivity contribution >= 4 is 5.91 Å². The Balaban J connectivity index is 2.70. The lowest BCUT2D eigenvalue weighted by Gasteiger charge is -2.13. The Morgan fingerprint density at radius 2 is 2.00 bits per heavy atom. The number of carbonyl (C=O) groups is 1. The molecule has 0 unspecified atom stereocenters. The van der Waals surface area contributed by atoms with Gasteiger partial charge < -0.3 is 14.8 Å². The Morgan fingerprint density at radius 3 is 2.56 bits per heavy atom.